The van der Waals surface area contributed by atoms with E-state index in [0.29, 0.717) is 10.2 Å². The molecule has 1 heteroatoms. The van der Waals surface area contributed by atoms with Crippen LogP contribution in [-0.2, 0) is 0 Å². The second-order valence-electron chi connectivity index (χ2n) is 8.00. The fraction of sp³-hybridized carbons (Fsp3) is 0.684. The quantitative estimate of drug-likeness (QED) is 0.592. The van der Waals surface area contributed by atoms with Gasteiger partial charge in [0, 0.05) is 4.83 Å². The van der Waals surface area contributed by atoms with Crippen molar-refractivity contribution in [2.75, 3.05) is 0 Å². The van der Waals surface area contributed by atoms with Gasteiger partial charge in [-0.25, -0.2) is 0 Å². The lowest BCUT2D eigenvalue weighted by Crippen LogP contribution is -2.46. The first-order valence-corrected chi connectivity index (χ1v) is 9.24. The molecule has 0 spiro atoms. The van der Waals surface area contributed by atoms with Crippen LogP contribution in [0.2, 0.25) is 0 Å². The molecule has 20 heavy (non-hydrogen) atoms. The molecule has 0 N–H and O–H groups in total. The second-order valence-corrected chi connectivity index (χ2v) is 9.11. The van der Waals surface area contributed by atoms with Crippen molar-refractivity contribution in [2.45, 2.75) is 56.7 Å². The average molecular weight is 333 g/mol. The van der Waals surface area contributed by atoms with Gasteiger partial charge in [-0.1, -0.05) is 45.8 Å². The first kappa shape index (κ1) is 13.4. The number of halogens is 1. The molecule has 0 heterocycles. The van der Waals surface area contributed by atoms with Crippen LogP contribution in [0.5, 0.6) is 0 Å². The Balaban J connectivity index is 1.52. The number of rotatable bonds is 3. The lowest BCUT2D eigenvalue weighted by Gasteiger charge is -2.57. The molecule has 0 saturated heterocycles. The van der Waals surface area contributed by atoms with Gasteiger partial charge in [-0.15, -0.1) is 0 Å². The minimum atomic E-state index is 0.555. The molecule has 0 aromatic heterocycles. The van der Waals surface area contributed by atoms with Gasteiger partial charge in [0.05, 0.1) is 0 Å². The van der Waals surface area contributed by atoms with Gasteiger partial charge in [-0.05, 0) is 80.6 Å². The molecule has 1 atom stereocenters. The number of hydrogen-bond acceptors (Lipinski definition) is 0. The summed E-state index contributed by atoms with van der Waals surface area (Å²) in [6, 6.07) is 9.14. The number of alkyl halides is 1. The molecule has 4 fully saturated rings. The first-order chi connectivity index (χ1) is 9.62. The van der Waals surface area contributed by atoms with Gasteiger partial charge < -0.3 is 0 Å². The average Bonchev–Trinajstić information content (AvgIpc) is 2.37. The van der Waals surface area contributed by atoms with Crippen molar-refractivity contribution >= 4 is 15.9 Å². The van der Waals surface area contributed by atoms with Gasteiger partial charge in [0.1, 0.15) is 0 Å². The molecule has 108 valence electrons. The molecule has 4 saturated carbocycles. The van der Waals surface area contributed by atoms with Crippen LogP contribution in [0.3, 0.4) is 0 Å². The largest absolute Gasteiger partial charge is 0.0839 e. The molecule has 1 aromatic rings. The highest BCUT2D eigenvalue weighted by atomic mass is 79.9. The van der Waals surface area contributed by atoms with Crippen LogP contribution in [0.1, 0.15) is 60.9 Å². The monoisotopic (exact) mass is 332 g/mol. The molecule has 0 aliphatic heterocycles. The van der Waals surface area contributed by atoms with Gasteiger partial charge in [0.2, 0.25) is 0 Å². The fourth-order valence-corrected chi connectivity index (χ4v) is 6.81. The highest BCUT2D eigenvalue weighted by Gasteiger charge is 2.51. The summed E-state index contributed by atoms with van der Waals surface area (Å²) in [6.45, 7) is 2.17. The molecule has 0 nitrogen and oxygen atoms in total. The molecular formula is C19H25Br. The minimum absolute atomic E-state index is 0.555. The Hall–Kier alpha value is -0.300. The SMILES string of the molecule is Cc1ccc(C(Br)CC23CC4CC(CC(C4)C2)C3)cc1. The zero-order chi connectivity index (χ0) is 13.7. The lowest BCUT2D eigenvalue weighted by molar-refractivity contribution is -0.0571. The standard InChI is InChI=1S/C19H25Br/c1-13-2-4-17(5-3-13)18(20)12-19-9-14-6-15(10-19)8-16(7-14)11-19/h2-5,14-16,18H,6-12H2,1H3. The third-order valence-electron chi connectivity index (χ3n) is 6.22. The number of hydrogen-bond donors (Lipinski definition) is 0. The summed E-state index contributed by atoms with van der Waals surface area (Å²) in [4.78, 5) is 0.555. The van der Waals surface area contributed by atoms with Crippen molar-refractivity contribution in [2.24, 2.45) is 23.2 Å². The van der Waals surface area contributed by atoms with Crippen molar-refractivity contribution in [3.8, 4) is 0 Å². The molecule has 4 bridgehead atoms. The predicted molar refractivity (Wildman–Crippen MR) is 88.1 cm³/mol. The van der Waals surface area contributed by atoms with Crippen molar-refractivity contribution in [1.29, 1.82) is 0 Å². The molecule has 0 amide bonds. The molecule has 1 unspecified atom stereocenters. The van der Waals surface area contributed by atoms with Crippen LogP contribution in [0, 0.1) is 30.1 Å². The zero-order valence-corrected chi connectivity index (χ0v) is 14.0. The number of aryl methyl sites for hydroxylation is 1. The van der Waals surface area contributed by atoms with E-state index in [4.69, 9.17) is 0 Å². The summed E-state index contributed by atoms with van der Waals surface area (Å²) in [5, 5.41) is 0. The summed E-state index contributed by atoms with van der Waals surface area (Å²) in [6.07, 6.45) is 10.6. The highest BCUT2D eigenvalue weighted by Crippen LogP contribution is 2.63. The van der Waals surface area contributed by atoms with E-state index in [1.165, 1.54) is 36.8 Å². The third-order valence-corrected chi connectivity index (χ3v) is 7.07. The zero-order valence-electron chi connectivity index (χ0n) is 12.4. The molecule has 1 aromatic carbocycles. The Morgan fingerprint density at radius 3 is 2.00 bits per heavy atom. The van der Waals surface area contributed by atoms with E-state index in [2.05, 4.69) is 47.1 Å². The van der Waals surface area contributed by atoms with Crippen LogP contribution in [-0.4, -0.2) is 0 Å². The topological polar surface area (TPSA) is 0 Å². The van der Waals surface area contributed by atoms with Crippen LogP contribution >= 0.6 is 15.9 Å². The van der Waals surface area contributed by atoms with Crippen molar-refractivity contribution in [3.63, 3.8) is 0 Å². The summed E-state index contributed by atoms with van der Waals surface area (Å²) in [5.74, 6) is 3.21. The van der Waals surface area contributed by atoms with Crippen LogP contribution in [0.15, 0.2) is 24.3 Å². The van der Waals surface area contributed by atoms with E-state index in [1.807, 2.05) is 0 Å². The molecule has 4 aliphatic rings. The van der Waals surface area contributed by atoms with Gasteiger partial charge in [0.15, 0.2) is 0 Å². The van der Waals surface area contributed by atoms with E-state index in [9.17, 15) is 0 Å². The smallest absolute Gasteiger partial charge is 0.0400 e. The van der Waals surface area contributed by atoms with E-state index in [0.717, 1.165) is 17.8 Å². The first-order valence-electron chi connectivity index (χ1n) is 8.32. The molecule has 4 aliphatic carbocycles. The van der Waals surface area contributed by atoms with Crippen molar-refractivity contribution in [1.82, 2.24) is 0 Å². The molecule has 5 rings (SSSR count). The highest BCUT2D eigenvalue weighted by molar-refractivity contribution is 9.09. The van der Waals surface area contributed by atoms with Crippen molar-refractivity contribution < 1.29 is 0 Å². The summed E-state index contributed by atoms with van der Waals surface area (Å²) in [7, 11) is 0. The minimum Gasteiger partial charge on any atom is -0.0839 e. The Morgan fingerprint density at radius 2 is 1.50 bits per heavy atom. The predicted octanol–water partition coefficient (Wildman–Crippen LogP) is 6.04. The maximum Gasteiger partial charge on any atom is 0.0400 e. The van der Waals surface area contributed by atoms with Gasteiger partial charge >= 0.3 is 0 Å². The maximum absolute atomic E-state index is 4.00. The normalized spacial score (nSPS) is 40.0. The molecular weight excluding hydrogens is 308 g/mol. The maximum atomic E-state index is 4.00. The van der Waals surface area contributed by atoms with Gasteiger partial charge in [0.25, 0.3) is 0 Å². The summed E-state index contributed by atoms with van der Waals surface area (Å²) in [5.41, 5.74) is 3.52. The lowest BCUT2D eigenvalue weighted by atomic mass is 9.48. The van der Waals surface area contributed by atoms with E-state index in [1.54, 1.807) is 19.3 Å². The Bertz CT molecular complexity index is 452. The van der Waals surface area contributed by atoms with E-state index >= 15 is 0 Å². The summed E-state index contributed by atoms with van der Waals surface area (Å²) < 4.78 is 0. The van der Waals surface area contributed by atoms with Gasteiger partial charge in [-0.2, -0.15) is 0 Å². The van der Waals surface area contributed by atoms with Gasteiger partial charge in [-0.3, -0.25) is 0 Å². The van der Waals surface area contributed by atoms with Crippen molar-refractivity contribution in [3.05, 3.63) is 35.4 Å². The third kappa shape index (κ3) is 2.36. The fourth-order valence-electron chi connectivity index (χ4n) is 5.81. The Morgan fingerprint density at radius 1 is 1.00 bits per heavy atom. The number of benzene rings is 1. The Labute approximate surface area is 131 Å². The Kier molecular flexibility index (Phi) is 3.25. The van der Waals surface area contributed by atoms with Crippen LogP contribution in [0.4, 0.5) is 0 Å². The van der Waals surface area contributed by atoms with Crippen LogP contribution < -0.4 is 0 Å². The van der Waals surface area contributed by atoms with Crippen LogP contribution in [0.25, 0.3) is 0 Å². The second kappa shape index (κ2) is 4.87. The van der Waals surface area contributed by atoms with E-state index < -0.39 is 0 Å². The van der Waals surface area contributed by atoms with E-state index in [-0.39, 0.29) is 0 Å². The summed E-state index contributed by atoms with van der Waals surface area (Å²) >= 11 is 4.00. The molecule has 0 radical (unpaired) electrons.